The molecule has 1 aromatic rings. The Morgan fingerprint density at radius 1 is 1.40 bits per heavy atom. The van der Waals surface area contributed by atoms with Gasteiger partial charge < -0.3 is 4.74 Å². The fraction of sp³-hybridized carbons (Fsp3) is 0.588. The summed E-state index contributed by atoms with van der Waals surface area (Å²) in [4.78, 5) is 12.2. The van der Waals surface area contributed by atoms with Crippen molar-refractivity contribution in [2.75, 3.05) is 0 Å². The Morgan fingerprint density at radius 3 is 2.90 bits per heavy atom. The number of carbonyl (C=O) groups is 1. The van der Waals surface area contributed by atoms with Gasteiger partial charge >= 0.3 is 5.97 Å². The van der Waals surface area contributed by atoms with Gasteiger partial charge in [0.25, 0.3) is 0 Å². The summed E-state index contributed by atoms with van der Waals surface area (Å²) in [6, 6.07) is 7.24. The van der Waals surface area contributed by atoms with Gasteiger partial charge in [0.15, 0.2) is 0 Å². The van der Waals surface area contributed by atoms with E-state index >= 15 is 0 Å². The number of esters is 1. The molecule has 0 radical (unpaired) electrons. The first-order valence-corrected chi connectivity index (χ1v) is 7.56. The first-order valence-electron chi connectivity index (χ1n) is 7.56. The van der Waals surface area contributed by atoms with E-state index in [0.29, 0.717) is 12.0 Å². The molecule has 0 aromatic heterocycles. The standard InChI is InChI=1S/C17H23FO2/c1-3-4-5-8-13(2)20-16(19)17(18)12-11-14-9-6-7-10-15(14)17/h6-7,9-10,13H,3-5,8,11-12H2,1-2H3/t13-,17?/m0/s1. The van der Waals surface area contributed by atoms with Crippen molar-refractivity contribution in [1.29, 1.82) is 0 Å². The lowest BCUT2D eigenvalue weighted by Gasteiger charge is -2.22. The van der Waals surface area contributed by atoms with E-state index in [0.717, 1.165) is 31.2 Å². The average Bonchev–Trinajstić information content (AvgIpc) is 2.79. The Morgan fingerprint density at radius 2 is 2.15 bits per heavy atom. The van der Waals surface area contributed by atoms with Gasteiger partial charge in [0, 0.05) is 12.0 Å². The van der Waals surface area contributed by atoms with E-state index in [1.54, 1.807) is 12.1 Å². The molecular weight excluding hydrogens is 255 g/mol. The first-order chi connectivity index (χ1) is 9.58. The van der Waals surface area contributed by atoms with Gasteiger partial charge in [0.1, 0.15) is 0 Å². The van der Waals surface area contributed by atoms with E-state index in [1.807, 2.05) is 19.1 Å². The van der Waals surface area contributed by atoms with Crippen LogP contribution in [0, 0.1) is 0 Å². The molecule has 0 saturated heterocycles. The van der Waals surface area contributed by atoms with E-state index in [1.165, 1.54) is 0 Å². The fourth-order valence-electron chi connectivity index (χ4n) is 2.80. The molecule has 1 aliphatic carbocycles. The number of carbonyl (C=O) groups excluding carboxylic acids is 1. The third-order valence-electron chi connectivity index (χ3n) is 4.03. The minimum atomic E-state index is -1.95. The summed E-state index contributed by atoms with van der Waals surface area (Å²) in [6.45, 7) is 3.97. The number of halogens is 1. The molecule has 0 aliphatic heterocycles. The van der Waals surface area contributed by atoms with Crippen LogP contribution in [0.1, 0.15) is 57.1 Å². The van der Waals surface area contributed by atoms with Crippen LogP contribution in [0.4, 0.5) is 4.39 Å². The highest BCUT2D eigenvalue weighted by molar-refractivity contribution is 5.83. The maximum absolute atomic E-state index is 15.0. The van der Waals surface area contributed by atoms with Crippen LogP contribution >= 0.6 is 0 Å². The molecule has 0 amide bonds. The minimum Gasteiger partial charge on any atom is -0.460 e. The lowest BCUT2D eigenvalue weighted by Crippen LogP contribution is -2.33. The van der Waals surface area contributed by atoms with Gasteiger partial charge in [0.05, 0.1) is 6.10 Å². The number of alkyl halides is 1. The molecule has 1 aliphatic rings. The van der Waals surface area contributed by atoms with Gasteiger partial charge in [-0.05, 0) is 31.7 Å². The number of hydrogen-bond acceptors (Lipinski definition) is 2. The van der Waals surface area contributed by atoms with E-state index in [-0.39, 0.29) is 12.5 Å². The van der Waals surface area contributed by atoms with Crippen molar-refractivity contribution >= 4 is 5.97 Å². The van der Waals surface area contributed by atoms with Crippen LogP contribution in [-0.4, -0.2) is 12.1 Å². The Balaban J connectivity index is 1.99. The molecule has 1 aromatic carbocycles. The van der Waals surface area contributed by atoms with Crippen molar-refractivity contribution in [3.63, 3.8) is 0 Å². The minimum absolute atomic E-state index is 0.201. The van der Waals surface area contributed by atoms with E-state index in [4.69, 9.17) is 4.74 Å². The highest BCUT2D eigenvalue weighted by Crippen LogP contribution is 2.41. The topological polar surface area (TPSA) is 26.3 Å². The largest absolute Gasteiger partial charge is 0.460 e. The molecule has 0 bridgehead atoms. The average molecular weight is 278 g/mol. The molecule has 0 fully saturated rings. The number of unbranched alkanes of at least 4 members (excludes halogenated alkanes) is 2. The number of benzene rings is 1. The van der Waals surface area contributed by atoms with Crippen LogP contribution in [0.15, 0.2) is 24.3 Å². The summed E-state index contributed by atoms with van der Waals surface area (Å²) in [5, 5.41) is 0. The maximum Gasteiger partial charge on any atom is 0.348 e. The summed E-state index contributed by atoms with van der Waals surface area (Å²) < 4.78 is 20.3. The summed E-state index contributed by atoms with van der Waals surface area (Å²) in [5.41, 5.74) is -0.536. The molecule has 1 unspecified atom stereocenters. The number of aryl methyl sites for hydroxylation is 1. The number of rotatable bonds is 6. The summed E-state index contributed by atoms with van der Waals surface area (Å²) in [7, 11) is 0. The lowest BCUT2D eigenvalue weighted by molar-refractivity contribution is -0.163. The Hall–Kier alpha value is -1.38. The van der Waals surface area contributed by atoms with Crippen LogP contribution in [0.25, 0.3) is 0 Å². The summed E-state index contributed by atoms with van der Waals surface area (Å²) in [6.07, 6.45) is 4.65. The summed E-state index contributed by atoms with van der Waals surface area (Å²) >= 11 is 0. The molecular formula is C17H23FO2. The second-order valence-corrected chi connectivity index (χ2v) is 5.67. The molecule has 0 saturated carbocycles. The van der Waals surface area contributed by atoms with Gasteiger partial charge in [-0.1, -0.05) is 44.0 Å². The zero-order valence-corrected chi connectivity index (χ0v) is 12.3. The van der Waals surface area contributed by atoms with Crippen molar-refractivity contribution in [2.45, 2.75) is 64.1 Å². The molecule has 2 nitrogen and oxygen atoms in total. The third-order valence-corrected chi connectivity index (χ3v) is 4.03. The molecule has 2 rings (SSSR count). The van der Waals surface area contributed by atoms with Gasteiger partial charge in [-0.15, -0.1) is 0 Å². The van der Waals surface area contributed by atoms with E-state index < -0.39 is 11.6 Å². The second-order valence-electron chi connectivity index (χ2n) is 5.67. The highest BCUT2D eigenvalue weighted by Gasteiger charge is 2.47. The Labute approximate surface area is 120 Å². The molecule has 3 heteroatoms. The fourth-order valence-corrected chi connectivity index (χ4v) is 2.80. The van der Waals surface area contributed by atoms with Gasteiger partial charge in [-0.2, -0.15) is 0 Å². The second kappa shape index (κ2) is 6.38. The van der Waals surface area contributed by atoms with Crippen molar-refractivity contribution in [2.24, 2.45) is 0 Å². The lowest BCUT2D eigenvalue weighted by atomic mass is 9.98. The first kappa shape index (κ1) is 15.0. The van der Waals surface area contributed by atoms with Gasteiger partial charge in [-0.3, -0.25) is 0 Å². The van der Waals surface area contributed by atoms with E-state index in [9.17, 15) is 9.18 Å². The molecule has 110 valence electrons. The Bertz CT molecular complexity index is 472. The van der Waals surface area contributed by atoms with Crippen LogP contribution in [0.5, 0.6) is 0 Å². The zero-order chi connectivity index (χ0) is 14.6. The van der Waals surface area contributed by atoms with Gasteiger partial charge in [0.2, 0.25) is 5.67 Å². The van der Waals surface area contributed by atoms with Crippen molar-refractivity contribution in [3.05, 3.63) is 35.4 Å². The van der Waals surface area contributed by atoms with Crippen molar-refractivity contribution in [3.8, 4) is 0 Å². The van der Waals surface area contributed by atoms with Crippen LogP contribution in [0.3, 0.4) is 0 Å². The normalized spacial score (nSPS) is 22.4. The number of hydrogen-bond donors (Lipinski definition) is 0. The molecule has 2 atom stereocenters. The summed E-state index contributed by atoms with van der Waals surface area (Å²) in [5.74, 6) is -0.716. The van der Waals surface area contributed by atoms with Gasteiger partial charge in [-0.25, -0.2) is 9.18 Å². The van der Waals surface area contributed by atoms with Crippen LogP contribution in [-0.2, 0) is 21.6 Å². The predicted octanol–water partition coefficient (Wildman–Crippen LogP) is 4.31. The van der Waals surface area contributed by atoms with E-state index in [2.05, 4.69) is 6.92 Å². The smallest absolute Gasteiger partial charge is 0.348 e. The quantitative estimate of drug-likeness (QED) is 0.572. The molecule has 0 spiro atoms. The number of fused-ring (bicyclic) bond motifs is 1. The van der Waals surface area contributed by atoms with Crippen LogP contribution < -0.4 is 0 Å². The van der Waals surface area contributed by atoms with Crippen LogP contribution in [0.2, 0.25) is 0 Å². The molecule has 20 heavy (non-hydrogen) atoms. The Kier molecular flexibility index (Phi) is 4.79. The number of ether oxygens (including phenoxy) is 1. The monoisotopic (exact) mass is 278 g/mol. The van der Waals surface area contributed by atoms with Crippen molar-refractivity contribution in [1.82, 2.24) is 0 Å². The zero-order valence-electron chi connectivity index (χ0n) is 12.3. The maximum atomic E-state index is 15.0. The highest BCUT2D eigenvalue weighted by atomic mass is 19.1. The SMILES string of the molecule is CCCCC[C@H](C)OC(=O)C1(F)CCc2ccccc21. The molecule has 0 N–H and O–H groups in total. The molecule has 0 heterocycles. The third kappa shape index (κ3) is 3.02. The van der Waals surface area contributed by atoms with Crippen molar-refractivity contribution < 1.29 is 13.9 Å². The predicted molar refractivity (Wildman–Crippen MR) is 77.2 cm³/mol.